The van der Waals surface area contributed by atoms with Crippen LogP contribution in [0.15, 0.2) is 73.3 Å². The van der Waals surface area contributed by atoms with Crippen LogP contribution in [0.4, 0.5) is 5.95 Å². The molecule has 1 fully saturated rings. The van der Waals surface area contributed by atoms with Crippen LogP contribution in [0, 0.1) is 0 Å². The fraction of sp³-hybridized carbons (Fsp3) is 0.292. The lowest BCUT2D eigenvalue weighted by Crippen LogP contribution is -2.48. The van der Waals surface area contributed by atoms with Crippen LogP contribution < -0.4 is 10.2 Å². The summed E-state index contributed by atoms with van der Waals surface area (Å²) in [5.41, 5.74) is 4.58. The van der Waals surface area contributed by atoms with E-state index in [-0.39, 0.29) is 0 Å². The molecule has 3 heterocycles. The summed E-state index contributed by atoms with van der Waals surface area (Å²) in [4.78, 5) is 17.9. The average Bonchev–Trinajstić information content (AvgIpc) is 3.27. The average molecular weight is 414 g/mol. The predicted molar refractivity (Wildman–Crippen MR) is 123 cm³/mol. The van der Waals surface area contributed by atoms with Gasteiger partial charge in [0.15, 0.2) is 0 Å². The number of para-hydroxylation sites is 2. The van der Waals surface area contributed by atoms with Gasteiger partial charge in [-0.05, 0) is 35.9 Å². The Kier molecular flexibility index (Phi) is 5.86. The van der Waals surface area contributed by atoms with Crippen molar-refractivity contribution in [1.29, 1.82) is 0 Å². The molecule has 1 saturated heterocycles. The number of rotatable bonds is 7. The van der Waals surface area contributed by atoms with Gasteiger partial charge < -0.3 is 10.2 Å². The van der Waals surface area contributed by atoms with Gasteiger partial charge in [0.2, 0.25) is 5.95 Å². The molecule has 0 amide bonds. The molecule has 31 heavy (non-hydrogen) atoms. The molecule has 0 saturated carbocycles. The zero-order valence-corrected chi connectivity index (χ0v) is 17.6. The van der Waals surface area contributed by atoms with Gasteiger partial charge in [0.25, 0.3) is 0 Å². The molecule has 0 bridgehead atoms. The van der Waals surface area contributed by atoms with E-state index in [1.807, 2.05) is 43.0 Å². The zero-order chi connectivity index (χ0) is 20.9. The van der Waals surface area contributed by atoms with Crippen molar-refractivity contribution >= 4 is 17.0 Å². The highest BCUT2D eigenvalue weighted by molar-refractivity contribution is 5.77. The van der Waals surface area contributed by atoms with Crippen LogP contribution in [0.3, 0.4) is 0 Å². The van der Waals surface area contributed by atoms with E-state index >= 15 is 0 Å². The molecular formula is C24H27N7. The molecule has 0 aliphatic carbocycles. The first-order valence-corrected chi connectivity index (χ1v) is 10.8. The molecule has 0 atom stereocenters. The lowest BCUT2D eigenvalue weighted by atomic mass is 10.2. The molecule has 4 aromatic rings. The van der Waals surface area contributed by atoms with E-state index in [0.29, 0.717) is 0 Å². The zero-order valence-electron chi connectivity index (χ0n) is 17.6. The van der Waals surface area contributed by atoms with Crippen LogP contribution in [-0.4, -0.2) is 63.7 Å². The van der Waals surface area contributed by atoms with Crippen molar-refractivity contribution < 1.29 is 0 Å². The number of benzene rings is 2. The Morgan fingerprint density at radius 1 is 0.806 bits per heavy atom. The molecule has 1 aliphatic rings. The third kappa shape index (κ3) is 4.57. The molecule has 7 nitrogen and oxygen atoms in total. The Balaban J connectivity index is 1.07. The predicted octanol–water partition coefficient (Wildman–Crippen LogP) is 2.73. The summed E-state index contributed by atoms with van der Waals surface area (Å²) in [6.07, 6.45) is 5.51. The van der Waals surface area contributed by atoms with Gasteiger partial charge in [-0.1, -0.05) is 24.3 Å². The minimum absolute atomic E-state index is 0.840. The highest BCUT2D eigenvalue weighted by Gasteiger charge is 2.18. The van der Waals surface area contributed by atoms with E-state index in [2.05, 4.69) is 65.0 Å². The molecule has 158 valence electrons. The van der Waals surface area contributed by atoms with E-state index in [0.717, 1.165) is 68.5 Å². The number of aromatic nitrogens is 4. The lowest BCUT2D eigenvalue weighted by molar-refractivity contribution is 0.256. The third-order valence-electron chi connectivity index (χ3n) is 5.81. The Labute approximate surface area is 182 Å². The van der Waals surface area contributed by atoms with Crippen molar-refractivity contribution in [3.63, 3.8) is 0 Å². The highest BCUT2D eigenvalue weighted by Crippen LogP contribution is 2.18. The number of imidazole rings is 1. The maximum Gasteiger partial charge on any atom is 0.225 e. The van der Waals surface area contributed by atoms with E-state index in [4.69, 9.17) is 0 Å². The van der Waals surface area contributed by atoms with Crippen molar-refractivity contribution in [1.82, 2.24) is 29.7 Å². The fourth-order valence-electron chi connectivity index (χ4n) is 4.04. The van der Waals surface area contributed by atoms with E-state index in [1.165, 1.54) is 5.56 Å². The van der Waals surface area contributed by atoms with Crippen LogP contribution in [-0.2, 0) is 6.54 Å². The van der Waals surface area contributed by atoms with Crippen LogP contribution in [0.5, 0.6) is 0 Å². The topological polar surface area (TPSA) is 62.1 Å². The molecule has 7 heteroatoms. The van der Waals surface area contributed by atoms with Gasteiger partial charge in [-0.25, -0.2) is 15.0 Å². The first kappa shape index (κ1) is 19.7. The van der Waals surface area contributed by atoms with Crippen LogP contribution in [0.2, 0.25) is 0 Å². The van der Waals surface area contributed by atoms with Crippen LogP contribution in [0.25, 0.3) is 16.7 Å². The Morgan fingerprint density at radius 3 is 2.39 bits per heavy atom. The summed E-state index contributed by atoms with van der Waals surface area (Å²) in [5.74, 6) is 0.840. The summed E-state index contributed by atoms with van der Waals surface area (Å²) >= 11 is 0. The Bertz CT molecular complexity index is 1100. The Hall–Kier alpha value is -3.29. The molecule has 1 N–H and O–H groups in total. The lowest BCUT2D eigenvalue weighted by Gasteiger charge is -2.34. The molecule has 1 aliphatic heterocycles. The van der Waals surface area contributed by atoms with Crippen molar-refractivity contribution in [3.8, 4) is 5.69 Å². The summed E-state index contributed by atoms with van der Waals surface area (Å²) in [7, 11) is 0. The van der Waals surface area contributed by atoms with Gasteiger partial charge in [0, 0.05) is 63.9 Å². The van der Waals surface area contributed by atoms with Crippen molar-refractivity contribution in [3.05, 3.63) is 78.9 Å². The summed E-state index contributed by atoms with van der Waals surface area (Å²) in [6.45, 7) is 6.98. The highest BCUT2D eigenvalue weighted by atomic mass is 15.3. The normalized spacial score (nSPS) is 14.9. The first-order chi connectivity index (χ1) is 15.4. The smallest absolute Gasteiger partial charge is 0.225 e. The quantitative estimate of drug-likeness (QED) is 0.470. The number of anilines is 1. The standard InChI is InChI=1S/C24H27N7/c1-2-5-23-22(4-1)28-19-31(23)21-8-6-20(7-9-21)18-25-12-13-29-14-16-30(17-15-29)24-26-10-3-11-27-24/h1-11,19,25H,12-18H2. The molecule has 0 radical (unpaired) electrons. The molecular weight excluding hydrogens is 386 g/mol. The molecule has 0 spiro atoms. The second-order valence-corrected chi connectivity index (χ2v) is 7.82. The number of piperazine rings is 1. The van der Waals surface area contributed by atoms with Crippen molar-refractivity contribution in [2.75, 3.05) is 44.2 Å². The van der Waals surface area contributed by atoms with Gasteiger partial charge in [-0.2, -0.15) is 0 Å². The van der Waals surface area contributed by atoms with Gasteiger partial charge in [0.05, 0.1) is 11.0 Å². The second kappa shape index (κ2) is 9.24. The van der Waals surface area contributed by atoms with Gasteiger partial charge in [0.1, 0.15) is 6.33 Å². The first-order valence-electron chi connectivity index (χ1n) is 10.8. The molecule has 2 aromatic heterocycles. The van der Waals surface area contributed by atoms with Gasteiger partial charge >= 0.3 is 0 Å². The number of nitrogens with zero attached hydrogens (tertiary/aromatic N) is 6. The van der Waals surface area contributed by atoms with Crippen LogP contribution >= 0.6 is 0 Å². The number of hydrogen-bond acceptors (Lipinski definition) is 6. The van der Waals surface area contributed by atoms with Gasteiger partial charge in [-0.3, -0.25) is 9.47 Å². The monoisotopic (exact) mass is 413 g/mol. The fourth-order valence-corrected chi connectivity index (χ4v) is 4.04. The van der Waals surface area contributed by atoms with Crippen LogP contribution in [0.1, 0.15) is 5.56 Å². The summed E-state index contributed by atoms with van der Waals surface area (Å²) in [6, 6.07) is 18.8. The number of nitrogens with one attached hydrogen (secondary N) is 1. The van der Waals surface area contributed by atoms with E-state index in [9.17, 15) is 0 Å². The number of fused-ring (bicyclic) bond motifs is 1. The molecule has 5 rings (SSSR count). The van der Waals surface area contributed by atoms with Crippen molar-refractivity contribution in [2.45, 2.75) is 6.54 Å². The Morgan fingerprint density at radius 2 is 1.58 bits per heavy atom. The second-order valence-electron chi connectivity index (χ2n) is 7.82. The minimum Gasteiger partial charge on any atom is -0.338 e. The maximum absolute atomic E-state index is 4.48. The molecule has 2 aromatic carbocycles. The van der Waals surface area contributed by atoms with E-state index in [1.54, 1.807) is 0 Å². The maximum atomic E-state index is 4.48. The van der Waals surface area contributed by atoms with E-state index < -0.39 is 0 Å². The third-order valence-corrected chi connectivity index (χ3v) is 5.81. The summed E-state index contributed by atoms with van der Waals surface area (Å²) < 4.78 is 2.13. The minimum atomic E-state index is 0.840. The molecule has 0 unspecified atom stereocenters. The van der Waals surface area contributed by atoms with Gasteiger partial charge in [-0.15, -0.1) is 0 Å². The number of hydrogen-bond donors (Lipinski definition) is 1. The SMILES string of the molecule is c1cnc(N2CCN(CCNCc3ccc(-n4cnc5ccccc54)cc3)CC2)nc1. The van der Waals surface area contributed by atoms with Crippen molar-refractivity contribution in [2.24, 2.45) is 0 Å². The summed E-state index contributed by atoms with van der Waals surface area (Å²) in [5, 5.41) is 3.58. The largest absolute Gasteiger partial charge is 0.338 e.